The zero-order valence-electron chi connectivity index (χ0n) is 26.5. The Bertz CT molecular complexity index is 2830. The smallest absolute Gasteiger partial charge is 0.0540 e. The summed E-state index contributed by atoms with van der Waals surface area (Å²) in [5.74, 6) is 0. The minimum absolute atomic E-state index is 1.12. The second-order valence-corrected chi connectivity index (χ2v) is 14.6. The van der Waals surface area contributed by atoms with Gasteiger partial charge in [0.05, 0.1) is 5.69 Å². The molecule has 0 amide bonds. The molecule has 0 saturated heterocycles. The van der Waals surface area contributed by atoms with Crippen molar-refractivity contribution < 1.29 is 0 Å². The fourth-order valence-electron chi connectivity index (χ4n) is 7.39. The Morgan fingerprint density at radius 2 is 1.00 bits per heavy atom. The second kappa shape index (κ2) is 11.5. The summed E-state index contributed by atoms with van der Waals surface area (Å²) in [4.78, 5) is 2.43. The van der Waals surface area contributed by atoms with E-state index >= 15 is 0 Å². The van der Waals surface area contributed by atoms with Gasteiger partial charge in [-0.15, -0.1) is 22.7 Å². The summed E-state index contributed by atoms with van der Waals surface area (Å²) in [6, 6.07) is 64.4. The van der Waals surface area contributed by atoms with Crippen LogP contribution in [0.5, 0.6) is 0 Å². The molecular weight excluding hydrogens is 631 g/mol. The molecule has 0 aliphatic heterocycles. The topological polar surface area (TPSA) is 3.24 Å². The maximum Gasteiger partial charge on any atom is 0.0540 e. The van der Waals surface area contributed by atoms with Crippen LogP contribution in [-0.2, 0) is 0 Å². The molecule has 2 heterocycles. The van der Waals surface area contributed by atoms with Crippen LogP contribution in [0.1, 0.15) is 0 Å². The molecule has 0 saturated carbocycles. The number of fused-ring (bicyclic) bond motifs is 8. The summed E-state index contributed by atoms with van der Waals surface area (Å²) in [5.41, 5.74) is 8.30. The lowest BCUT2D eigenvalue weighted by Gasteiger charge is -2.28. The first-order valence-electron chi connectivity index (χ1n) is 16.6. The van der Waals surface area contributed by atoms with Gasteiger partial charge in [-0.1, -0.05) is 127 Å². The van der Waals surface area contributed by atoms with Crippen molar-refractivity contribution in [2.75, 3.05) is 4.90 Å². The fourth-order valence-corrected chi connectivity index (χ4v) is 9.75. The van der Waals surface area contributed by atoms with E-state index in [2.05, 4.69) is 181 Å². The molecule has 0 aliphatic carbocycles. The first-order valence-corrected chi connectivity index (χ1v) is 18.2. The number of thiophene rings is 2. The number of hydrogen-bond donors (Lipinski definition) is 0. The summed E-state index contributed by atoms with van der Waals surface area (Å²) in [7, 11) is 0. The van der Waals surface area contributed by atoms with Crippen LogP contribution < -0.4 is 4.90 Å². The minimum Gasteiger partial charge on any atom is -0.310 e. The van der Waals surface area contributed by atoms with Gasteiger partial charge in [0.25, 0.3) is 0 Å². The van der Waals surface area contributed by atoms with Gasteiger partial charge in [0.15, 0.2) is 0 Å². The zero-order chi connectivity index (χ0) is 32.3. The molecule has 49 heavy (non-hydrogen) atoms. The molecule has 0 N–H and O–H groups in total. The van der Waals surface area contributed by atoms with Crippen LogP contribution >= 0.6 is 22.7 Å². The van der Waals surface area contributed by atoms with Crippen molar-refractivity contribution in [2.45, 2.75) is 0 Å². The number of benzene rings is 8. The van der Waals surface area contributed by atoms with E-state index in [1.807, 2.05) is 22.7 Å². The Hall–Kier alpha value is -5.74. The molecule has 0 bridgehead atoms. The summed E-state index contributed by atoms with van der Waals surface area (Å²) >= 11 is 3.75. The predicted molar refractivity (Wildman–Crippen MR) is 215 cm³/mol. The first-order chi connectivity index (χ1) is 24.3. The number of hydrogen-bond acceptors (Lipinski definition) is 3. The minimum atomic E-state index is 1.12. The summed E-state index contributed by atoms with van der Waals surface area (Å²) < 4.78 is 5.31. The van der Waals surface area contributed by atoms with E-state index in [4.69, 9.17) is 0 Å². The summed E-state index contributed by atoms with van der Waals surface area (Å²) in [5, 5.41) is 7.84. The number of nitrogens with zero attached hydrogens (tertiary/aromatic N) is 1. The van der Waals surface area contributed by atoms with Crippen molar-refractivity contribution in [3.63, 3.8) is 0 Å². The molecule has 0 unspecified atom stereocenters. The van der Waals surface area contributed by atoms with Crippen LogP contribution in [0.3, 0.4) is 0 Å². The normalized spacial score (nSPS) is 11.7. The van der Waals surface area contributed by atoms with Gasteiger partial charge in [-0.3, -0.25) is 0 Å². The summed E-state index contributed by atoms with van der Waals surface area (Å²) in [6.07, 6.45) is 0. The molecule has 0 radical (unpaired) electrons. The zero-order valence-corrected chi connectivity index (χ0v) is 28.1. The SMILES string of the molecule is c1ccc(-c2ccccc2N(c2ccc(-c3cccc4c3sc3ccccc34)cc2)c2ccc3ccc4sc5ccccc5c4c3c2)cc1. The third kappa shape index (κ3) is 4.66. The van der Waals surface area contributed by atoms with Crippen molar-refractivity contribution in [3.8, 4) is 22.3 Å². The Kier molecular flexibility index (Phi) is 6.61. The molecule has 8 aromatic carbocycles. The highest BCUT2D eigenvalue weighted by atomic mass is 32.1. The molecule has 0 fully saturated rings. The highest BCUT2D eigenvalue weighted by Gasteiger charge is 2.19. The van der Waals surface area contributed by atoms with Gasteiger partial charge < -0.3 is 4.90 Å². The van der Waals surface area contributed by atoms with Crippen molar-refractivity contribution in [1.82, 2.24) is 0 Å². The fraction of sp³-hybridized carbons (Fsp3) is 0. The van der Waals surface area contributed by atoms with Crippen LogP contribution in [0.2, 0.25) is 0 Å². The molecule has 0 aliphatic rings. The Balaban J connectivity index is 1.18. The van der Waals surface area contributed by atoms with E-state index in [-0.39, 0.29) is 0 Å². The Morgan fingerprint density at radius 1 is 0.367 bits per heavy atom. The molecule has 1 nitrogen and oxygen atoms in total. The van der Waals surface area contributed by atoms with E-state index in [1.165, 1.54) is 73.4 Å². The second-order valence-electron chi connectivity index (χ2n) is 12.5. The average molecular weight is 660 g/mol. The quantitative estimate of drug-likeness (QED) is 0.178. The van der Waals surface area contributed by atoms with Crippen molar-refractivity contribution in [3.05, 3.63) is 176 Å². The van der Waals surface area contributed by atoms with Crippen LogP contribution in [0.25, 0.3) is 73.4 Å². The predicted octanol–water partition coefficient (Wildman–Crippen LogP) is 14.4. The highest BCUT2D eigenvalue weighted by Crippen LogP contribution is 2.45. The van der Waals surface area contributed by atoms with Crippen LogP contribution in [0.4, 0.5) is 17.1 Å². The van der Waals surface area contributed by atoms with Crippen molar-refractivity contribution in [2.24, 2.45) is 0 Å². The van der Waals surface area contributed by atoms with Crippen LogP contribution in [0, 0.1) is 0 Å². The van der Waals surface area contributed by atoms with Gasteiger partial charge >= 0.3 is 0 Å². The molecule has 2 aromatic heterocycles. The molecule has 10 aromatic rings. The third-order valence-electron chi connectivity index (χ3n) is 9.67. The van der Waals surface area contributed by atoms with E-state index in [1.54, 1.807) is 0 Å². The maximum absolute atomic E-state index is 2.43. The number of para-hydroxylation sites is 1. The lowest BCUT2D eigenvalue weighted by Crippen LogP contribution is -2.11. The van der Waals surface area contributed by atoms with Crippen molar-refractivity contribution >= 4 is 90.9 Å². The molecule has 0 spiro atoms. The molecular formula is C46H29NS2. The highest BCUT2D eigenvalue weighted by molar-refractivity contribution is 7.26. The standard InChI is InChI=1S/C46H29NS2/c1-2-11-30(12-3-1)35-13-4-7-18-41(35)47(34-27-23-32-24-28-44-45(40(32)29-34)39-15-6-9-20-43(39)48-44)33-25-21-31(22-26-33)36-16-10-17-38-37-14-5-8-19-42(37)49-46(36)38/h1-29H. The lowest BCUT2D eigenvalue weighted by molar-refractivity contribution is 1.29. The van der Waals surface area contributed by atoms with E-state index < -0.39 is 0 Å². The molecule has 0 atom stereocenters. The van der Waals surface area contributed by atoms with Gasteiger partial charge in [-0.05, 0) is 76.0 Å². The van der Waals surface area contributed by atoms with Gasteiger partial charge in [0, 0.05) is 57.3 Å². The van der Waals surface area contributed by atoms with E-state index in [9.17, 15) is 0 Å². The Labute approximate surface area is 292 Å². The molecule has 230 valence electrons. The van der Waals surface area contributed by atoms with Crippen molar-refractivity contribution in [1.29, 1.82) is 0 Å². The number of rotatable bonds is 5. The van der Waals surface area contributed by atoms with Crippen LogP contribution in [-0.4, -0.2) is 0 Å². The molecule has 3 heteroatoms. The molecule has 10 rings (SSSR count). The largest absolute Gasteiger partial charge is 0.310 e. The first kappa shape index (κ1) is 28.3. The third-order valence-corrected chi connectivity index (χ3v) is 12.0. The van der Waals surface area contributed by atoms with Gasteiger partial charge in [-0.25, -0.2) is 0 Å². The van der Waals surface area contributed by atoms with Gasteiger partial charge in [0.2, 0.25) is 0 Å². The van der Waals surface area contributed by atoms with E-state index in [0.717, 1.165) is 17.1 Å². The maximum atomic E-state index is 2.43. The van der Waals surface area contributed by atoms with E-state index in [0.29, 0.717) is 0 Å². The summed E-state index contributed by atoms with van der Waals surface area (Å²) in [6.45, 7) is 0. The number of anilines is 3. The van der Waals surface area contributed by atoms with Gasteiger partial charge in [0.1, 0.15) is 0 Å². The Morgan fingerprint density at radius 3 is 1.86 bits per heavy atom. The monoisotopic (exact) mass is 659 g/mol. The average Bonchev–Trinajstić information content (AvgIpc) is 3.75. The lowest BCUT2D eigenvalue weighted by atomic mass is 9.99. The van der Waals surface area contributed by atoms with Gasteiger partial charge in [-0.2, -0.15) is 0 Å². The van der Waals surface area contributed by atoms with Crippen LogP contribution in [0.15, 0.2) is 176 Å².